The Morgan fingerprint density at radius 2 is 1.81 bits per heavy atom. The van der Waals surface area contributed by atoms with Gasteiger partial charge in [-0.3, -0.25) is 9.59 Å². The number of nitrogens with zero attached hydrogens (tertiary/aromatic N) is 2. The lowest BCUT2D eigenvalue weighted by atomic mass is 10.1. The monoisotopic (exact) mass is 351 g/mol. The van der Waals surface area contributed by atoms with Gasteiger partial charge in [-0.2, -0.15) is 0 Å². The number of carbonyl (C=O) groups excluding carboxylic acids is 2. The summed E-state index contributed by atoms with van der Waals surface area (Å²) in [6.07, 6.45) is 3.68. The van der Waals surface area contributed by atoms with Gasteiger partial charge < -0.3 is 14.8 Å². The van der Waals surface area contributed by atoms with E-state index in [4.69, 9.17) is 0 Å². The Bertz CT molecular complexity index is 793. The molecule has 1 fully saturated rings. The van der Waals surface area contributed by atoms with Crippen LogP contribution in [0, 0.1) is 5.92 Å². The number of carbonyl (C=O) groups is 2. The average Bonchev–Trinajstić information content (AvgIpc) is 3.43. The number of aromatic nitrogens is 1. The van der Waals surface area contributed by atoms with Crippen LogP contribution in [-0.2, 0) is 24.2 Å². The predicted molar refractivity (Wildman–Crippen MR) is 99.9 cm³/mol. The van der Waals surface area contributed by atoms with Gasteiger partial charge in [-0.1, -0.05) is 30.3 Å². The van der Waals surface area contributed by atoms with Gasteiger partial charge in [-0.05, 0) is 36.5 Å². The molecule has 1 saturated carbocycles. The summed E-state index contributed by atoms with van der Waals surface area (Å²) in [6, 6.07) is 13.8. The molecule has 0 spiro atoms. The molecule has 5 heteroatoms. The molecular weight excluding hydrogens is 326 g/mol. The summed E-state index contributed by atoms with van der Waals surface area (Å²) >= 11 is 0. The summed E-state index contributed by atoms with van der Waals surface area (Å²) in [5.74, 6) is 0.831. The molecule has 136 valence electrons. The van der Waals surface area contributed by atoms with E-state index >= 15 is 0 Å². The van der Waals surface area contributed by atoms with Crippen molar-refractivity contribution in [1.29, 1.82) is 0 Å². The third-order valence-corrected chi connectivity index (χ3v) is 5.33. The lowest BCUT2D eigenvalue weighted by Gasteiger charge is -2.20. The Balaban J connectivity index is 1.39. The molecule has 0 unspecified atom stereocenters. The van der Waals surface area contributed by atoms with Crippen molar-refractivity contribution in [2.45, 2.75) is 32.2 Å². The Kier molecular flexibility index (Phi) is 4.78. The third kappa shape index (κ3) is 3.82. The number of nitrogens with one attached hydrogen (secondary N) is 1. The molecule has 1 aromatic heterocycles. The highest BCUT2D eigenvalue weighted by atomic mass is 16.2. The first-order valence-corrected chi connectivity index (χ1v) is 9.49. The standard InChI is InChI=1S/C21H25N3O2/c25-20(14-16-4-2-1-3-5-16)23-11-10-18-8-9-19(24(18)13-12-23)21(26)22-15-17-6-7-17/h1-5,8-9,17H,6-7,10-15H2,(H,22,26). The fraction of sp³-hybridized carbons (Fsp3) is 0.429. The zero-order chi connectivity index (χ0) is 17.9. The second kappa shape index (κ2) is 7.36. The summed E-state index contributed by atoms with van der Waals surface area (Å²) in [5, 5.41) is 3.04. The highest BCUT2D eigenvalue weighted by Gasteiger charge is 2.25. The second-order valence-electron chi connectivity index (χ2n) is 7.31. The molecule has 1 N–H and O–H groups in total. The zero-order valence-corrected chi connectivity index (χ0v) is 15.0. The number of hydrogen-bond donors (Lipinski definition) is 1. The first kappa shape index (κ1) is 16.9. The fourth-order valence-corrected chi connectivity index (χ4v) is 3.55. The number of rotatable bonds is 5. The molecule has 2 aromatic rings. The average molecular weight is 351 g/mol. The lowest BCUT2D eigenvalue weighted by Crippen LogP contribution is -2.35. The van der Waals surface area contributed by atoms with Crippen LogP contribution in [0.3, 0.4) is 0 Å². The number of benzene rings is 1. The van der Waals surface area contributed by atoms with Gasteiger partial charge in [0.15, 0.2) is 0 Å². The van der Waals surface area contributed by atoms with Gasteiger partial charge >= 0.3 is 0 Å². The van der Waals surface area contributed by atoms with Crippen LogP contribution in [0.1, 0.15) is 34.6 Å². The van der Waals surface area contributed by atoms with E-state index in [-0.39, 0.29) is 11.8 Å². The molecule has 2 amide bonds. The van der Waals surface area contributed by atoms with Gasteiger partial charge in [0.2, 0.25) is 5.91 Å². The Labute approximate surface area is 154 Å². The quantitative estimate of drug-likeness (QED) is 0.898. The Morgan fingerprint density at radius 3 is 2.58 bits per heavy atom. The minimum atomic E-state index is 0.00668. The van der Waals surface area contributed by atoms with Gasteiger partial charge in [0.05, 0.1) is 6.42 Å². The summed E-state index contributed by atoms with van der Waals surface area (Å²) in [4.78, 5) is 27.0. The molecule has 0 radical (unpaired) electrons. The van der Waals surface area contributed by atoms with E-state index in [9.17, 15) is 9.59 Å². The lowest BCUT2D eigenvalue weighted by molar-refractivity contribution is -0.130. The molecule has 0 bridgehead atoms. The second-order valence-corrected chi connectivity index (χ2v) is 7.31. The maximum absolute atomic E-state index is 12.6. The fourth-order valence-electron chi connectivity index (χ4n) is 3.55. The molecule has 0 saturated heterocycles. The van der Waals surface area contributed by atoms with Crippen LogP contribution in [0.5, 0.6) is 0 Å². The van der Waals surface area contributed by atoms with Crippen molar-refractivity contribution >= 4 is 11.8 Å². The highest BCUT2D eigenvalue weighted by Crippen LogP contribution is 2.27. The number of hydrogen-bond acceptors (Lipinski definition) is 2. The van der Waals surface area contributed by atoms with Crippen LogP contribution in [0.4, 0.5) is 0 Å². The molecule has 2 aliphatic rings. The normalized spacial score (nSPS) is 16.7. The van der Waals surface area contributed by atoms with Gasteiger partial charge in [0, 0.05) is 38.3 Å². The molecule has 2 heterocycles. The summed E-state index contributed by atoms with van der Waals surface area (Å²) in [5.41, 5.74) is 2.90. The van der Waals surface area contributed by atoms with E-state index in [1.54, 1.807) is 0 Å². The van der Waals surface area contributed by atoms with Gasteiger partial charge in [0.25, 0.3) is 5.91 Å². The molecule has 5 nitrogen and oxygen atoms in total. The summed E-state index contributed by atoms with van der Waals surface area (Å²) in [7, 11) is 0. The van der Waals surface area contributed by atoms with Crippen molar-refractivity contribution in [3.8, 4) is 0 Å². The van der Waals surface area contributed by atoms with Gasteiger partial charge in [0.1, 0.15) is 5.69 Å². The maximum Gasteiger partial charge on any atom is 0.267 e. The summed E-state index contributed by atoms with van der Waals surface area (Å²) < 4.78 is 2.08. The Morgan fingerprint density at radius 1 is 1.00 bits per heavy atom. The van der Waals surface area contributed by atoms with Gasteiger partial charge in [-0.25, -0.2) is 0 Å². The summed E-state index contributed by atoms with van der Waals surface area (Å²) in [6.45, 7) is 2.81. The molecule has 1 aliphatic heterocycles. The van der Waals surface area contributed by atoms with Gasteiger partial charge in [-0.15, -0.1) is 0 Å². The van der Waals surface area contributed by atoms with Crippen molar-refractivity contribution in [2.75, 3.05) is 19.6 Å². The Hall–Kier alpha value is -2.56. The number of amides is 2. The smallest absolute Gasteiger partial charge is 0.267 e. The van der Waals surface area contributed by atoms with Crippen molar-refractivity contribution in [3.63, 3.8) is 0 Å². The van der Waals surface area contributed by atoms with Crippen LogP contribution in [0.25, 0.3) is 0 Å². The largest absolute Gasteiger partial charge is 0.350 e. The van der Waals surface area contributed by atoms with Crippen LogP contribution in [-0.4, -0.2) is 40.9 Å². The topological polar surface area (TPSA) is 54.3 Å². The minimum Gasteiger partial charge on any atom is -0.350 e. The predicted octanol–water partition coefficient (Wildman–Crippen LogP) is 2.26. The molecule has 1 aromatic carbocycles. The van der Waals surface area contributed by atoms with Crippen LogP contribution < -0.4 is 5.32 Å². The molecular formula is C21H25N3O2. The van der Waals surface area contributed by atoms with E-state index < -0.39 is 0 Å². The first-order valence-electron chi connectivity index (χ1n) is 9.49. The van der Waals surface area contributed by atoms with E-state index in [0.29, 0.717) is 32.0 Å². The van der Waals surface area contributed by atoms with E-state index in [2.05, 4.69) is 9.88 Å². The van der Waals surface area contributed by atoms with Crippen LogP contribution in [0.2, 0.25) is 0 Å². The molecule has 4 rings (SSSR count). The van der Waals surface area contributed by atoms with Crippen molar-refractivity contribution < 1.29 is 9.59 Å². The SMILES string of the molecule is O=C(NCC1CC1)c1ccc2n1CCN(C(=O)Cc1ccccc1)CC2. The van der Waals surface area contributed by atoms with Crippen molar-refractivity contribution in [1.82, 2.24) is 14.8 Å². The highest BCUT2D eigenvalue weighted by molar-refractivity contribution is 5.93. The third-order valence-electron chi connectivity index (χ3n) is 5.33. The minimum absolute atomic E-state index is 0.00668. The van der Waals surface area contributed by atoms with E-state index in [0.717, 1.165) is 29.9 Å². The van der Waals surface area contributed by atoms with E-state index in [1.165, 1.54) is 12.8 Å². The maximum atomic E-state index is 12.6. The molecule has 26 heavy (non-hydrogen) atoms. The molecule has 1 aliphatic carbocycles. The first-order chi connectivity index (χ1) is 12.7. The number of fused-ring (bicyclic) bond motifs is 1. The molecule has 0 atom stereocenters. The van der Waals surface area contributed by atoms with Crippen molar-refractivity contribution in [2.24, 2.45) is 5.92 Å². The zero-order valence-electron chi connectivity index (χ0n) is 15.0. The van der Waals surface area contributed by atoms with E-state index in [1.807, 2.05) is 47.4 Å². The van der Waals surface area contributed by atoms with Crippen LogP contribution in [0.15, 0.2) is 42.5 Å². The van der Waals surface area contributed by atoms with Crippen molar-refractivity contribution in [3.05, 3.63) is 59.4 Å². The van der Waals surface area contributed by atoms with Crippen LogP contribution >= 0.6 is 0 Å².